The number of fused-ring (bicyclic) bond motifs is 1. The number of hydrogen-bond acceptors (Lipinski definition) is 3. The summed E-state index contributed by atoms with van der Waals surface area (Å²) in [7, 11) is 0. The number of carbonyl (C=O) groups is 1. The molecule has 0 fully saturated rings. The number of hydrogen-bond donors (Lipinski definition) is 2. The van der Waals surface area contributed by atoms with Crippen molar-refractivity contribution in [2.24, 2.45) is 0 Å². The maximum Gasteiger partial charge on any atom is 0.356 e. The second-order valence-corrected chi connectivity index (χ2v) is 6.48. The largest absolute Gasteiger partial charge is 0.476 e. The first-order valence-corrected chi connectivity index (χ1v) is 8.48. The van der Waals surface area contributed by atoms with Crippen molar-refractivity contribution in [1.29, 1.82) is 0 Å². The molecule has 1 aromatic heterocycles. The third-order valence-electron chi connectivity index (χ3n) is 4.48. The molecule has 25 heavy (non-hydrogen) atoms. The van der Waals surface area contributed by atoms with Gasteiger partial charge in [-0.3, -0.25) is 4.68 Å². The van der Waals surface area contributed by atoms with Gasteiger partial charge in [-0.2, -0.15) is 5.10 Å². The van der Waals surface area contributed by atoms with E-state index in [4.69, 9.17) is 11.6 Å². The van der Waals surface area contributed by atoms with Gasteiger partial charge in [-0.1, -0.05) is 23.7 Å². The van der Waals surface area contributed by atoms with E-state index in [0.29, 0.717) is 36.5 Å². The SMILES string of the molecule is C=CCn1nc(C(=O)O)c2c1CC[C@@H](NCc1c(F)cccc1Cl)C2. The monoisotopic (exact) mass is 363 g/mol. The highest BCUT2D eigenvalue weighted by Gasteiger charge is 2.28. The summed E-state index contributed by atoms with van der Waals surface area (Å²) in [6, 6.07) is 4.65. The number of nitrogens with one attached hydrogen (secondary N) is 1. The van der Waals surface area contributed by atoms with Gasteiger partial charge >= 0.3 is 5.97 Å². The molecule has 0 saturated heterocycles. The normalized spacial score (nSPS) is 16.5. The summed E-state index contributed by atoms with van der Waals surface area (Å²) in [4.78, 5) is 11.5. The van der Waals surface area contributed by atoms with Crippen LogP contribution < -0.4 is 5.32 Å². The lowest BCUT2D eigenvalue weighted by Crippen LogP contribution is -2.35. The number of halogens is 2. The van der Waals surface area contributed by atoms with Crippen LogP contribution in [0.15, 0.2) is 30.9 Å². The van der Waals surface area contributed by atoms with Gasteiger partial charge in [-0.05, 0) is 31.4 Å². The first-order valence-electron chi connectivity index (χ1n) is 8.10. The van der Waals surface area contributed by atoms with E-state index in [1.165, 1.54) is 6.07 Å². The van der Waals surface area contributed by atoms with E-state index < -0.39 is 5.97 Å². The molecule has 0 aliphatic heterocycles. The van der Waals surface area contributed by atoms with Crippen molar-refractivity contribution < 1.29 is 14.3 Å². The van der Waals surface area contributed by atoms with Crippen molar-refractivity contribution in [2.45, 2.75) is 38.4 Å². The fourth-order valence-corrected chi connectivity index (χ4v) is 3.48. The highest BCUT2D eigenvalue weighted by atomic mass is 35.5. The van der Waals surface area contributed by atoms with Crippen LogP contribution in [0.25, 0.3) is 0 Å². The van der Waals surface area contributed by atoms with E-state index in [1.807, 2.05) is 0 Å². The van der Waals surface area contributed by atoms with Gasteiger partial charge in [0.15, 0.2) is 5.69 Å². The fraction of sp³-hybridized carbons (Fsp3) is 0.333. The van der Waals surface area contributed by atoms with Gasteiger partial charge in [-0.25, -0.2) is 9.18 Å². The second-order valence-electron chi connectivity index (χ2n) is 6.07. The Morgan fingerprint density at radius 3 is 3.04 bits per heavy atom. The van der Waals surface area contributed by atoms with E-state index in [2.05, 4.69) is 17.0 Å². The van der Waals surface area contributed by atoms with Crippen LogP contribution in [0.2, 0.25) is 5.02 Å². The molecule has 5 nitrogen and oxygen atoms in total. The molecule has 1 aromatic carbocycles. The molecule has 132 valence electrons. The highest BCUT2D eigenvalue weighted by molar-refractivity contribution is 6.31. The average molecular weight is 364 g/mol. The first kappa shape index (κ1) is 17.6. The standard InChI is InChI=1S/C18H19ClFN3O2/c1-2-8-23-16-7-6-11(9-12(16)17(22-23)18(24)25)21-10-13-14(19)4-3-5-15(13)20/h2-5,11,21H,1,6-10H2,(H,24,25)/t11-/m1/s1. The Hall–Kier alpha value is -2.18. The number of nitrogens with zero attached hydrogens (tertiary/aromatic N) is 2. The minimum atomic E-state index is -1.03. The van der Waals surface area contributed by atoms with Crippen LogP contribution in [0.4, 0.5) is 4.39 Å². The fourth-order valence-electron chi connectivity index (χ4n) is 3.25. The molecule has 0 saturated carbocycles. The van der Waals surface area contributed by atoms with E-state index in [-0.39, 0.29) is 17.6 Å². The molecule has 0 amide bonds. The van der Waals surface area contributed by atoms with Crippen LogP contribution in [-0.2, 0) is 25.9 Å². The van der Waals surface area contributed by atoms with Crippen LogP contribution in [-0.4, -0.2) is 26.9 Å². The smallest absolute Gasteiger partial charge is 0.356 e. The molecule has 0 radical (unpaired) electrons. The molecule has 0 unspecified atom stereocenters. The third kappa shape index (κ3) is 3.60. The Balaban J connectivity index is 1.77. The number of carboxylic acid groups (broad SMARTS) is 1. The molecule has 2 N–H and O–H groups in total. The summed E-state index contributed by atoms with van der Waals surface area (Å²) in [6.07, 6.45) is 3.77. The summed E-state index contributed by atoms with van der Waals surface area (Å²) in [6.45, 7) is 4.47. The van der Waals surface area contributed by atoms with Crippen molar-refractivity contribution in [2.75, 3.05) is 0 Å². The zero-order chi connectivity index (χ0) is 18.0. The molecular weight excluding hydrogens is 345 g/mol. The molecular formula is C18H19ClFN3O2. The van der Waals surface area contributed by atoms with Gasteiger partial charge < -0.3 is 10.4 Å². The summed E-state index contributed by atoms with van der Waals surface area (Å²) in [5.74, 6) is -1.38. The Bertz CT molecular complexity index is 799. The molecule has 7 heteroatoms. The second kappa shape index (κ2) is 7.37. The number of rotatable bonds is 6. The molecule has 2 aromatic rings. The molecule has 1 aliphatic carbocycles. The zero-order valence-electron chi connectivity index (χ0n) is 13.6. The first-order chi connectivity index (χ1) is 12.0. The van der Waals surface area contributed by atoms with Crippen molar-refractivity contribution in [1.82, 2.24) is 15.1 Å². The number of benzene rings is 1. The minimum absolute atomic E-state index is 0.0441. The Labute approximate surface area is 150 Å². The molecule has 3 rings (SSSR count). The van der Waals surface area contributed by atoms with Crippen molar-refractivity contribution in [3.63, 3.8) is 0 Å². The van der Waals surface area contributed by atoms with Crippen LogP contribution in [0.1, 0.15) is 33.7 Å². The minimum Gasteiger partial charge on any atom is -0.476 e. The predicted molar refractivity (Wildman–Crippen MR) is 93.4 cm³/mol. The van der Waals surface area contributed by atoms with Crippen LogP contribution >= 0.6 is 11.6 Å². The summed E-state index contributed by atoms with van der Waals surface area (Å²) >= 11 is 6.05. The summed E-state index contributed by atoms with van der Waals surface area (Å²) in [5.41, 5.74) is 2.21. The molecule has 1 heterocycles. The van der Waals surface area contributed by atoms with E-state index in [9.17, 15) is 14.3 Å². The maximum absolute atomic E-state index is 13.9. The van der Waals surface area contributed by atoms with Gasteiger partial charge in [0, 0.05) is 34.4 Å². The molecule has 0 spiro atoms. The topological polar surface area (TPSA) is 67.2 Å². The average Bonchev–Trinajstić information content (AvgIpc) is 2.93. The van der Waals surface area contributed by atoms with E-state index in [1.54, 1.807) is 22.9 Å². The van der Waals surface area contributed by atoms with Crippen molar-refractivity contribution in [3.05, 3.63) is 64.2 Å². The lowest BCUT2D eigenvalue weighted by molar-refractivity contribution is 0.0688. The molecule has 0 bridgehead atoms. The number of aromatic carboxylic acids is 1. The Morgan fingerprint density at radius 2 is 2.36 bits per heavy atom. The molecule has 1 atom stereocenters. The lowest BCUT2D eigenvalue weighted by Gasteiger charge is -2.24. The van der Waals surface area contributed by atoms with Crippen molar-refractivity contribution in [3.8, 4) is 0 Å². The lowest BCUT2D eigenvalue weighted by atomic mass is 9.91. The van der Waals surface area contributed by atoms with E-state index in [0.717, 1.165) is 17.7 Å². The van der Waals surface area contributed by atoms with Gasteiger partial charge in [0.1, 0.15) is 5.82 Å². The zero-order valence-corrected chi connectivity index (χ0v) is 14.4. The van der Waals surface area contributed by atoms with E-state index >= 15 is 0 Å². The number of carboxylic acids is 1. The quantitative estimate of drug-likeness (QED) is 0.773. The Kier molecular flexibility index (Phi) is 5.20. The number of allylic oxidation sites excluding steroid dienone is 1. The van der Waals surface area contributed by atoms with Crippen LogP contribution in [0.5, 0.6) is 0 Å². The van der Waals surface area contributed by atoms with Crippen LogP contribution in [0, 0.1) is 5.82 Å². The van der Waals surface area contributed by atoms with Gasteiger partial charge in [0.05, 0.1) is 6.54 Å². The molecule has 1 aliphatic rings. The summed E-state index contributed by atoms with van der Waals surface area (Å²) < 4.78 is 15.6. The maximum atomic E-state index is 13.9. The predicted octanol–water partition coefficient (Wildman–Crippen LogP) is 3.21. The van der Waals surface area contributed by atoms with Crippen LogP contribution in [0.3, 0.4) is 0 Å². The summed E-state index contributed by atoms with van der Waals surface area (Å²) in [5, 5.41) is 17.3. The van der Waals surface area contributed by atoms with Gasteiger partial charge in [0.25, 0.3) is 0 Å². The highest BCUT2D eigenvalue weighted by Crippen LogP contribution is 2.26. The third-order valence-corrected chi connectivity index (χ3v) is 4.83. The van der Waals surface area contributed by atoms with Crippen molar-refractivity contribution >= 4 is 17.6 Å². The van der Waals surface area contributed by atoms with Gasteiger partial charge in [-0.15, -0.1) is 6.58 Å². The number of aromatic nitrogens is 2. The Morgan fingerprint density at radius 1 is 1.56 bits per heavy atom. The van der Waals surface area contributed by atoms with Gasteiger partial charge in [0.2, 0.25) is 0 Å².